The number of rotatable bonds is 6. The zero-order chi connectivity index (χ0) is 18.8. The third-order valence-corrected chi connectivity index (χ3v) is 6.18. The predicted molar refractivity (Wildman–Crippen MR) is 108 cm³/mol. The fraction of sp³-hybridized carbons (Fsp3) is 0.636. The lowest BCUT2D eigenvalue weighted by atomic mass is 10.1. The Morgan fingerprint density at radius 3 is 2.48 bits per heavy atom. The molecule has 2 fully saturated rings. The van der Waals surface area contributed by atoms with Crippen molar-refractivity contribution in [2.45, 2.75) is 57.9 Å². The first-order valence-corrected chi connectivity index (χ1v) is 10.6. The maximum absolute atomic E-state index is 13.0. The van der Waals surface area contributed by atoms with Crippen molar-refractivity contribution in [2.75, 3.05) is 29.4 Å². The summed E-state index contributed by atoms with van der Waals surface area (Å²) in [5.74, 6) is 1.20. The highest BCUT2D eigenvalue weighted by Gasteiger charge is 2.31. The maximum Gasteiger partial charge on any atom is 0.229 e. The SMILES string of the molecule is CC(CC(=O)N1CCN(CC2CC2)c2ccccc21)NC(=O)C1CCCC1. The van der Waals surface area contributed by atoms with Crippen LogP contribution in [0.5, 0.6) is 0 Å². The van der Waals surface area contributed by atoms with E-state index < -0.39 is 0 Å². The van der Waals surface area contributed by atoms with Crippen molar-refractivity contribution in [3.63, 3.8) is 0 Å². The van der Waals surface area contributed by atoms with Crippen LogP contribution in [0.1, 0.15) is 51.9 Å². The van der Waals surface area contributed by atoms with Crippen LogP contribution in [0.3, 0.4) is 0 Å². The number of benzene rings is 1. The van der Waals surface area contributed by atoms with Gasteiger partial charge in [-0.15, -0.1) is 0 Å². The third kappa shape index (κ3) is 4.28. The van der Waals surface area contributed by atoms with Gasteiger partial charge in [-0.3, -0.25) is 9.59 Å². The molecule has 1 N–H and O–H groups in total. The molecular formula is C22H31N3O2. The van der Waals surface area contributed by atoms with Gasteiger partial charge in [0.2, 0.25) is 11.8 Å². The molecule has 2 amide bonds. The summed E-state index contributed by atoms with van der Waals surface area (Å²) in [6.45, 7) is 4.67. The summed E-state index contributed by atoms with van der Waals surface area (Å²) in [6.07, 6.45) is 7.29. The highest BCUT2D eigenvalue weighted by molar-refractivity contribution is 5.98. The molecule has 1 atom stereocenters. The van der Waals surface area contributed by atoms with Crippen LogP contribution in [0.2, 0.25) is 0 Å². The summed E-state index contributed by atoms with van der Waals surface area (Å²) >= 11 is 0. The molecule has 1 heterocycles. The molecule has 5 heteroatoms. The van der Waals surface area contributed by atoms with Crippen molar-refractivity contribution in [1.82, 2.24) is 5.32 Å². The molecule has 0 radical (unpaired) electrons. The average Bonchev–Trinajstić information content (AvgIpc) is 3.30. The number of fused-ring (bicyclic) bond motifs is 1. The number of anilines is 2. The summed E-state index contributed by atoms with van der Waals surface area (Å²) in [5.41, 5.74) is 2.19. The van der Waals surface area contributed by atoms with E-state index in [0.717, 1.165) is 56.9 Å². The summed E-state index contributed by atoms with van der Waals surface area (Å²) in [4.78, 5) is 29.6. The van der Waals surface area contributed by atoms with Crippen molar-refractivity contribution >= 4 is 23.2 Å². The standard InChI is InChI=1S/C22H31N3O2/c1-16(23-22(27)18-6-2-3-7-18)14-21(26)25-13-12-24(15-17-10-11-17)19-8-4-5-9-20(19)25/h4-5,8-9,16-18H,2-3,6-7,10-15H2,1H3,(H,23,27). The van der Waals surface area contributed by atoms with Gasteiger partial charge in [0.15, 0.2) is 0 Å². The molecule has 0 spiro atoms. The summed E-state index contributed by atoms with van der Waals surface area (Å²) in [6, 6.07) is 8.11. The van der Waals surface area contributed by atoms with Gasteiger partial charge in [0.05, 0.1) is 11.4 Å². The Morgan fingerprint density at radius 2 is 1.78 bits per heavy atom. The van der Waals surface area contributed by atoms with Gasteiger partial charge < -0.3 is 15.1 Å². The predicted octanol–water partition coefficient (Wildman–Crippen LogP) is 3.33. The van der Waals surface area contributed by atoms with E-state index in [1.165, 1.54) is 18.5 Å². The Hall–Kier alpha value is -2.04. The van der Waals surface area contributed by atoms with Crippen molar-refractivity contribution in [3.8, 4) is 0 Å². The van der Waals surface area contributed by atoms with Crippen molar-refractivity contribution in [3.05, 3.63) is 24.3 Å². The normalized spacial score (nSPS) is 21.1. The van der Waals surface area contributed by atoms with Crippen LogP contribution >= 0.6 is 0 Å². The summed E-state index contributed by atoms with van der Waals surface area (Å²) in [7, 11) is 0. The number of amides is 2. The van der Waals surface area contributed by atoms with Gasteiger partial charge in [0, 0.05) is 38.0 Å². The van der Waals surface area contributed by atoms with Crippen LogP contribution in [0.25, 0.3) is 0 Å². The Bertz CT molecular complexity index is 695. The minimum atomic E-state index is -0.123. The monoisotopic (exact) mass is 369 g/mol. The molecular weight excluding hydrogens is 338 g/mol. The van der Waals surface area contributed by atoms with Gasteiger partial charge in [0.1, 0.15) is 0 Å². The Morgan fingerprint density at radius 1 is 1.07 bits per heavy atom. The second-order valence-electron chi connectivity index (χ2n) is 8.52. The highest BCUT2D eigenvalue weighted by atomic mass is 16.2. The van der Waals surface area contributed by atoms with Crippen molar-refractivity contribution in [1.29, 1.82) is 0 Å². The largest absolute Gasteiger partial charge is 0.368 e. The van der Waals surface area contributed by atoms with E-state index >= 15 is 0 Å². The van der Waals surface area contributed by atoms with Gasteiger partial charge in [-0.1, -0.05) is 25.0 Å². The molecule has 5 nitrogen and oxygen atoms in total. The van der Waals surface area contributed by atoms with Crippen LogP contribution in [0.15, 0.2) is 24.3 Å². The number of nitrogens with zero attached hydrogens (tertiary/aromatic N) is 2. The molecule has 1 unspecified atom stereocenters. The minimum Gasteiger partial charge on any atom is -0.368 e. The highest BCUT2D eigenvalue weighted by Crippen LogP contribution is 2.37. The van der Waals surface area contributed by atoms with Gasteiger partial charge >= 0.3 is 0 Å². The molecule has 27 heavy (non-hydrogen) atoms. The summed E-state index contributed by atoms with van der Waals surface area (Å²) < 4.78 is 0. The summed E-state index contributed by atoms with van der Waals surface area (Å²) in [5, 5.41) is 3.06. The van der Waals surface area contributed by atoms with E-state index in [1.54, 1.807) is 0 Å². The lowest BCUT2D eigenvalue weighted by Crippen LogP contribution is -2.47. The molecule has 1 aromatic rings. The first kappa shape index (κ1) is 18.3. The fourth-order valence-corrected chi connectivity index (χ4v) is 4.45. The smallest absolute Gasteiger partial charge is 0.229 e. The molecule has 1 aromatic carbocycles. The van der Waals surface area contributed by atoms with Gasteiger partial charge in [-0.2, -0.15) is 0 Å². The van der Waals surface area contributed by atoms with Crippen molar-refractivity contribution in [2.24, 2.45) is 11.8 Å². The molecule has 4 rings (SSSR count). The lowest BCUT2D eigenvalue weighted by Gasteiger charge is -2.38. The van der Waals surface area contributed by atoms with Crippen LogP contribution in [0.4, 0.5) is 11.4 Å². The Labute approximate surface area is 162 Å². The molecule has 3 aliphatic rings. The van der Waals surface area contributed by atoms with Gasteiger partial charge in [-0.05, 0) is 50.7 Å². The molecule has 146 valence electrons. The quantitative estimate of drug-likeness (QED) is 0.837. The molecule has 0 saturated heterocycles. The van der Waals surface area contributed by atoms with E-state index in [2.05, 4.69) is 22.3 Å². The number of nitrogens with one attached hydrogen (secondary N) is 1. The lowest BCUT2D eigenvalue weighted by molar-refractivity contribution is -0.125. The minimum absolute atomic E-state index is 0.104. The zero-order valence-corrected chi connectivity index (χ0v) is 16.3. The average molecular weight is 370 g/mol. The van der Waals surface area contributed by atoms with Gasteiger partial charge in [-0.25, -0.2) is 0 Å². The number of hydrogen-bond donors (Lipinski definition) is 1. The van der Waals surface area contributed by atoms with E-state index in [4.69, 9.17) is 0 Å². The zero-order valence-electron chi connectivity index (χ0n) is 16.3. The van der Waals surface area contributed by atoms with E-state index in [1.807, 2.05) is 24.0 Å². The number of para-hydroxylation sites is 2. The molecule has 2 saturated carbocycles. The van der Waals surface area contributed by atoms with Gasteiger partial charge in [0.25, 0.3) is 0 Å². The van der Waals surface area contributed by atoms with Crippen LogP contribution in [-0.4, -0.2) is 37.5 Å². The van der Waals surface area contributed by atoms with E-state index in [-0.39, 0.29) is 23.8 Å². The molecule has 0 aromatic heterocycles. The Kier molecular flexibility index (Phi) is 5.37. The van der Waals surface area contributed by atoms with Crippen LogP contribution < -0.4 is 15.1 Å². The second-order valence-corrected chi connectivity index (χ2v) is 8.52. The maximum atomic E-state index is 13.0. The topological polar surface area (TPSA) is 52.7 Å². The number of carbonyl (C=O) groups excluding carboxylic acids is 2. The van der Waals surface area contributed by atoms with E-state index in [9.17, 15) is 9.59 Å². The molecule has 1 aliphatic heterocycles. The van der Waals surface area contributed by atoms with Crippen molar-refractivity contribution < 1.29 is 9.59 Å². The first-order valence-electron chi connectivity index (χ1n) is 10.6. The van der Waals surface area contributed by atoms with Crippen LogP contribution in [-0.2, 0) is 9.59 Å². The molecule has 0 bridgehead atoms. The Balaban J connectivity index is 1.38. The van der Waals surface area contributed by atoms with Crippen LogP contribution in [0, 0.1) is 11.8 Å². The number of carbonyl (C=O) groups is 2. The third-order valence-electron chi connectivity index (χ3n) is 6.18. The molecule has 2 aliphatic carbocycles. The van der Waals surface area contributed by atoms with E-state index in [0.29, 0.717) is 6.42 Å². The number of hydrogen-bond acceptors (Lipinski definition) is 3. The second kappa shape index (κ2) is 7.91. The first-order chi connectivity index (χ1) is 13.1. The fourth-order valence-electron chi connectivity index (χ4n) is 4.45.